The molecule has 1 unspecified atom stereocenters. The summed E-state index contributed by atoms with van der Waals surface area (Å²) < 4.78 is 0. The highest BCUT2D eigenvalue weighted by Crippen LogP contribution is 2.15. The SMILES string of the molecule is CC(C)NC(=O)C(CC(N)=O)C(C)C. The van der Waals surface area contributed by atoms with Gasteiger partial charge in [0.15, 0.2) is 0 Å². The lowest BCUT2D eigenvalue weighted by molar-refractivity contribution is -0.131. The molecular weight excluding hydrogens is 180 g/mol. The lowest BCUT2D eigenvalue weighted by Gasteiger charge is -2.20. The lowest BCUT2D eigenvalue weighted by atomic mass is 9.91. The summed E-state index contributed by atoms with van der Waals surface area (Å²) in [5, 5.41) is 2.78. The van der Waals surface area contributed by atoms with Gasteiger partial charge in [-0.2, -0.15) is 0 Å². The van der Waals surface area contributed by atoms with Gasteiger partial charge in [-0.05, 0) is 19.8 Å². The zero-order valence-corrected chi connectivity index (χ0v) is 9.33. The molecule has 0 saturated heterocycles. The molecule has 0 aliphatic rings. The molecule has 0 bridgehead atoms. The number of carbonyl (C=O) groups excluding carboxylic acids is 2. The van der Waals surface area contributed by atoms with Gasteiger partial charge in [-0.1, -0.05) is 13.8 Å². The van der Waals surface area contributed by atoms with E-state index in [-0.39, 0.29) is 30.2 Å². The first-order chi connectivity index (χ1) is 6.34. The van der Waals surface area contributed by atoms with Crippen LogP contribution in [0.5, 0.6) is 0 Å². The van der Waals surface area contributed by atoms with Crippen molar-refractivity contribution in [2.45, 2.75) is 40.2 Å². The molecule has 2 amide bonds. The minimum atomic E-state index is -0.428. The first-order valence-corrected chi connectivity index (χ1v) is 4.93. The van der Waals surface area contributed by atoms with E-state index in [1.165, 1.54) is 0 Å². The smallest absolute Gasteiger partial charge is 0.224 e. The van der Waals surface area contributed by atoms with Gasteiger partial charge in [-0.25, -0.2) is 0 Å². The van der Waals surface area contributed by atoms with Crippen molar-refractivity contribution < 1.29 is 9.59 Å². The molecule has 1 atom stereocenters. The molecule has 4 heteroatoms. The van der Waals surface area contributed by atoms with E-state index in [2.05, 4.69) is 5.32 Å². The third-order valence-corrected chi connectivity index (χ3v) is 1.99. The van der Waals surface area contributed by atoms with Gasteiger partial charge in [-0.15, -0.1) is 0 Å². The monoisotopic (exact) mass is 200 g/mol. The molecule has 0 aromatic heterocycles. The second-order valence-corrected chi connectivity index (χ2v) is 4.18. The van der Waals surface area contributed by atoms with Crippen LogP contribution in [-0.4, -0.2) is 17.9 Å². The predicted molar refractivity (Wildman–Crippen MR) is 55.4 cm³/mol. The largest absolute Gasteiger partial charge is 0.370 e. The number of hydrogen-bond acceptors (Lipinski definition) is 2. The minimum absolute atomic E-state index is 0.0891. The van der Waals surface area contributed by atoms with Crippen LogP contribution in [0.2, 0.25) is 0 Å². The van der Waals surface area contributed by atoms with Crippen molar-refractivity contribution in [2.24, 2.45) is 17.6 Å². The number of primary amides is 1. The highest BCUT2D eigenvalue weighted by Gasteiger charge is 2.24. The quantitative estimate of drug-likeness (QED) is 0.684. The zero-order chi connectivity index (χ0) is 11.3. The Kier molecular flexibility index (Phi) is 5.20. The summed E-state index contributed by atoms with van der Waals surface area (Å²) in [4.78, 5) is 22.4. The highest BCUT2D eigenvalue weighted by molar-refractivity contribution is 5.85. The fourth-order valence-electron chi connectivity index (χ4n) is 1.24. The molecule has 14 heavy (non-hydrogen) atoms. The Morgan fingerprint density at radius 2 is 1.71 bits per heavy atom. The maximum atomic E-state index is 11.6. The molecule has 0 radical (unpaired) electrons. The molecule has 0 fully saturated rings. The first kappa shape index (κ1) is 12.9. The van der Waals surface area contributed by atoms with Gasteiger partial charge in [0.2, 0.25) is 11.8 Å². The highest BCUT2D eigenvalue weighted by atomic mass is 16.2. The Bertz CT molecular complexity index is 212. The Morgan fingerprint density at radius 1 is 1.21 bits per heavy atom. The second-order valence-electron chi connectivity index (χ2n) is 4.18. The summed E-state index contributed by atoms with van der Waals surface area (Å²) in [6.45, 7) is 7.60. The van der Waals surface area contributed by atoms with Gasteiger partial charge >= 0.3 is 0 Å². The van der Waals surface area contributed by atoms with Crippen LogP contribution in [0.25, 0.3) is 0 Å². The van der Waals surface area contributed by atoms with Crippen LogP contribution in [-0.2, 0) is 9.59 Å². The van der Waals surface area contributed by atoms with Crippen molar-refractivity contribution in [2.75, 3.05) is 0 Å². The van der Waals surface area contributed by atoms with Crippen LogP contribution in [0.1, 0.15) is 34.1 Å². The molecular formula is C10H20N2O2. The van der Waals surface area contributed by atoms with E-state index in [9.17, 15) is 9.59 Å². The summed E-state index contributed by atoms with van der Waals surface area (Å²) in [7, 11) is 0. The molecule has 0 aliphatic heterocycles. The van der Waals surface area contributed by atoms with Gasteiger partial charge in [0.05, 0.1) is 0 Å². The Balaban J connectivity index is 4.33. The molecule has 0 aromatic rings. The molecule has 0 aliphatic carbocycles. The molecule has 82 valence electrons. The summed E-state index contributed by atoms with van der Waals surface area (Å²) in [6.07, 6.45) is 0.121. The molecule has 4 nitrogen and oxygen atoms in total. The fourth-order valence-corrected chi connectivity index (χ4v) is 1.24. The standard InChI is InChI=1S/C10H20N2O2/c1-6(2)8(5-9(11)13)10(14)12-7(3)4/h6-8H,5H2,1-4H3,(H2,11,13)(H,12,14). The Morgan fingerprint density at radius 3 is 2.00 bits per heavy atom. The predicted octanol–water partition coefficient (Wildman–Crippen LogP) is 0.659. The molecule has 0 rings (SSSR count). The molecule has 0 spiro atoms. The maximum Gasteiger partial charge on any atom is 0.224 e. The first-order valence-electron chi connectivity index (χ1n) is 4.93. The van der Waals surface area contributed by atoms with Crippen molar-refractivity contribution in [3.8, 4) is 0 Å². The van der Waals surface area contributed by atoms with Crippen molar-refractivity contribution >= 4 is 11.8 Å². The number of nitrogens with two attached hydrogens (primary N) is 1. The van der Waals surface area contributed by atoms with E-state index in [0.717, 1.165) is 0 Å². The van der Waals surface area contributed by atoms with E-state index < -0.39 is 5.91 Å². The normalized spacial score (nSPS) is 13.0. The van der Waals surface area contributed by atoms with E-state index in [0.29, 0.717) is 0 Å². The number of hydrogen-bond donors (Lipinski definition) is 2. The lowest BCUT2D eigenvalue weighted by Crippen LogP contribution is -2.39. The van der Waals surface area contributed by atoms with Crippen molar-refractivity contribution in [1.29, 1.82) is 0 Å². The molecule has 0 heterocycles. The van der Waals surface area contributed by atoms with Crippen LogP contribution in [0, 0.1) is 11.8 Å². The molecule has 3 N–H and O–H groups in total. The average molecular weight is 200 g/mol. The molecule has 0 saturated carbocycles. The Labute approximate surface area is 85.2 Å². The van der Waals surface area contributed by atoms with Gasteiger partial charge in [0.1, 0.15) is 0 Å². The van der Waals surface area contributed by atoms with Gasteiger partial charge in [0.25, 0.3) is 0 Å². The number of amides is 2. The van der Waals surface area contributed by atoms with Crippen molar-refractivity contribution in [3.63, 3.8) is 0 Å². The number of nitrogens with one attached hydrogen (secondary N) is 1. The fraction of sp³-hybridized carbons (Fsp3) is 0.800. The summed E-state index contributed by atoms with van der Waals surface area (Å²) in [6, 6.07) is 0.0941. The topological polar surface area (TPSA) is 72.2 Å². The maximum absolute atomic E-state index is 11.6. The molecule has 0 aromatic carbocycles. The van der Waals surface area contributed by atoms with Crippen LogP contribution < -0.4 is 11.1 Å². The number of carbonyl (C=O) groups is 2. The van der Waals surface area contributed by atoms with Crippen LogP contribution in [0.4, 0.5) is 0 Å². The van der Waals surface area contributed by atoms with Gasteiger partial charge in [0, 0.05) is 18.4 Å². The van der Waals surface area contributed by atoms with Crippen molar-refractivity contribution in [1.82, 2.24) is 5.32 Å². The second kappa shape index (κ2) is 5.62. The van der Waals surface area contributed by atoms with Crippen LogP contribution in [0.15, 0.2) is 0 Å². The number of rotatable bonds is 5. The van der Waals surface area contributed by atoms with E-state index in [4.69, 9.17) is 5.73 Å². The third-order valence-electron chi connectivity index (χ3n) is 1.99. The zero-order valence-electron chi connectivity index (χ0n) is 9.33. The average Bonchev–Trinajstić information content (AvgIpc) is 1.97. The summed E-state index contributed by atoms with van der Waals surface area (Å²) >= 11 is 0. The summed E-state index contributed by atoms with van der Waals surface area (Å²) in [5.41, 5.74) is 5.08. The minimum Gasteiger partial charge on any atom is -0.370 e. The summed E-state index contributed by atoms with van der Waals surface area (Å²) in [5.74, 6) is -0.701. The van der Waals surface area contributed by atoms with E-state index in [1.54, 1.807) is 0 Å². The Hall–Kier alpha value is -1.06. The van der Waals surface area contributed by atoms with Crippen LogP contribution >= 0.6 is 0 Å². The van der Waals surface area contributed by atoms with E-state index in [1.807, 2.05) is 27.7 Å². The van der Waals surface area contributed by atoms with Gasteiger partial charge in [-0.3, -0.25) is 9.59 Å². The van der Waals surface area contributed by atoms with Gasteiger partial charge < -0.3 is 11.1 Å². The van der Waals surface area contributed by atoms with Crippen LogP contribution in [0.3, 0.4) is 0 Å². The van der Waals surface area contributed by atoms with E-state index >= 15 is 0 Å². The third kappa shape index (κ3) is 4.84. The van der Waals surface area contributed by atoms with Crippen molar-refractivity contribution in [3.05, 3.63) is 0 Å².